The van der Waals surface area contributed by atoms with E-state index in [2.05, 4.69) is 20.4 Å². The topological polar surface area (TPSA) is 98.5 Å². The molecule has 128 valence electrons. The van der Waals surface area contributed by atoms with Crippen LogP contribution in [-0.4, -0.2) is 38.1 Å². The summed E-state index contributed by atoms with van der Waals surface area (Å²) in [6.07, 6.45) is 6.00. The minimum atomic E-state index is -0.476. The van der Waals surface area contributed by atoms with Crippen LogP contribution in [-0.2, 0) is 17.6 Å². The van der Waals surface area contributed by atoms with Crippen molar-refractivity contribution in [2.24, 2.45) is 0 Å². The summed E-state index contributed by atoms with van der Waals surface area (Å²) >= 11 is 1.42. The molecular formula is C16H15N5O3S. The number of nitrogens with zero attached hydrogens (tertiary/aromatic N) is 4. The molecule has 1 N–H and O–H groups in total. The minimum Gasteiger partial charge on any atom is -0.462 e. The average molecular weight is 357 g/mol. The van der Waals surface area contributed by atoms with Gasteiger partial charge in [-0.05, 0) is 37.8 Å². The number of esters is 1. The van der Waals surface area contributed by atoms with Crippen molar-refractivity contribution in [1.82, 2.24) is 19.6 Å². The second-order valence-corrected chi connectivity index (χ2v) is 6.64. The van der Waals surface area contributed by atoms with Crippen molar-refractivity contribution in [3.05, 3.63) is 40.3 Å². The van der Waals surface area contributed by atoms with Crippen LogP contribution in [0.3, 0.4) is 0 Å². The van der Waals surface area contributed by atoms with Crippen molar-refractivity contribution >= 4 is 34.0 Å². The first-order valence-electron chi connectivity index (χ1n) is 7.97. The minimum absolute atomic E-state index is 0.00192. The number of hydrogen-bond acceptors (Lipinski definition) is 7. The van der Waals surface area contributed by atoms with Crippen LogP contribution in [0.15, 0.2) is 18.5 Å². The Labute approximate surface area is 146 Å². The fourth-order valence-corrected chi connectivity index (χ4v) is 4.17. The van der Waals surface area contributed by atoms with E-state index in [1.165, 1.54) is 15.9 Å². The van der Waals surface area contributed by atoms with Crippen LogP contribution >= 0.6 is 11.3 Å². The Bertz CT molecular complexity index is 944. The second-order valence-electron chi connectivity index (χ2n) is 5.54. The van der Waals surface area contributed by atoms with Crippen LogP contribution in [0.1, 0.15) is 44.8 Å². The van der Waals surface area contributed by atoms with Crippen molar-refractivity contribution in [3.8, 4) is 0 Å². The standard InChI is InChI=1S/C16H15N5O3S/c1-2-24-15(23)11-9-5-3-6-10(9)25-14(11)19-13(22)12-18-16-17-7-4-8-21(16)20-12/h4,7-8H,2-3,5-6H2,1H3,(H,19,22). The Morgan fingerprint density at radius 1 is 1.40 bits per heavy atom. The molecule has 0 saturated heterocycles. The number of ether oxygens (including phenoxy) is 1. The molecule has 0 aromatic carbocycles. The Kier molecular flexibility index (Phi) is 3.92. The Morgan fingerprint density at radius 2 is 2.28 bits per heavy atom. The summed E-state index contributed by atoms with van der Waals surface area (Å²) in [6, 6.07) is 1.70. The Balaban J connectivity index is 1.66. The predicted molar refractivity (Wildman–Crippen MR) is 91.0 cm³/mol. The number of aromatic nitrogens is 4. The van der Waals surface area contributed by atoms with Crippen LogP contribution < -0.4 is 5.32 Å². The van der Waals surface area contributed by atoms with E-state index in [0.29, 0.717) is 16.3 Å². The molecule has 3 heterocycles. The van der Waals surface area contributed by atoms with E-state index in [-0.39, 0.29) is 12.4 Å². The second kappa shape index (κ2) is 6.25. The lowest BCUT2D eigenvalue weighted by molar-refractivity contribution is 0.0527. The predicted octanol–water partition coefficient (Wildman–Crippen LogP) is 2.10. The first kappa shape index (κ1) is 15.7. The highest BCUT2D eigenvalue weighted by Gasteiger charge is 2.29. The zero-order valence-corrected chi connectivity index (χ0v) is 14.3. The van der Waals surface area contributed by atoms with Gasteiger partial charge >= 0.3 is 5.97 Å². The van der Waals surface area contributed by atoms with E-state index in [9.17, 15) is 9.59 Å². The maximum atomic E-state index is 12.5. The molecule has 4 rings (SSSR count). The van der Waals surface area contributed by atoms with Crippen molar-refractivity contribution in [2.45, 2.75) is 26.2 Å². The molecule has 0 saturated carbocycles. The van der Waals surface area contributed by atoms with Gasteiger partial charge < -0.3 is 10.1 Å². The van der Waals surface area contributed by atoms with Gasteiger partial charge in [0.25, 0.3) is 11.7 Å². The molecule has 0 spiro atoms. The van der Waals surface area contributed by atoms with Gasteiger partial charge in [0.15, 0.2) is 0 Å². The lowest BCUT2D eigenvalue weighted by Crippen LogP contribution is -2.16. The smallest absolute Gasteiger partial charge is 0.341 e. The monoisotopic (exact) mass is 357 g/mol. The maximum Gasteiger partial charge on any atom is 0.341 e. The van der Waals surface area contributed by atoms with Crippen LogP contribution in [0.4, 0.5) is 5.00 Å². The van der Waals surface area contributed by atoms with Gasteiger partial charge in [0, 0.05) is 17.3 Å². The first-order chi connectivity index (χ1) is 12.2. The number of hydrogen-bond donors (Lipinski definition) is 1. The summed E-state index contributed by atoms with van der Waals surface area (Å²) in [5.74, 6) is -0.535. The molecule has 1 amide bonds. The normalized spacial score (nSPS) is 13.0. The summed E-state index contributed by atoms with van der Waals surface area (Å²) < 4.78 is 6.58. The Hall–Kier alpha value is -2.81. The molecule has 0 bridgehead atoms. The van der Waals surface area contributed by atoms with E-state index in [1.807, 2.05) is 0 Å². The number of amides is 1. The van der Waals surface area contributed by atoms with E-state index >= 15 is 0 Å². The molecule has 0 unspecified atom stereocenters. The largest absolute Gasteiger partial charge is 0.462 e. The molecular weight excluding hydrogens is 342 g/mol. The zero-order chi connectivity index (χ0) is 17.4. The first-order valence-corrected chi connectivity index (χ1v) is 8.79. The van der Waals surface area contributed by atoms with Gasteiger partial charge in [-0.25, -0.2) is 14.3 Å². The Morgan fingerprint density at radius 3 is 3.08 bits per heavy atom. The average Bonchev–Trinajstić information content (AvgIpc) is 3.27. The van der Waals surface area contributed by atoms with E-state index in [4.69, 9.17) is 4.74 Å². The molecule has 3 aromatic rings. The fraction of sp³-hybridized carbons (Fsp3) is 0.312. The third-order valence-corrected chi connectivity index (χ3v) is 5.15. The zero-order valence-electron chi connectivity index (χ0n) is 13.5. The summed E-state index contributed by atoms with van der Waals surface area (Å²) in [7, 11) is 0. The van der Waals surface area contributed by atoms with Crippen LogP contribution in [0.2, 0.25) is 0 Å². The summed E-state index contributed by atoms with van der Waals surface area (Å²) in [4.78, 5) is 34.1. The van der Waals surface area contributed by atoms with Crippen molar-refractivity contribution in [2.75, 3.05) is 11.9 Å². The number of thiophene rings is 1. The number of anilines is 1. The quantitative estimate of drug-likeness (QED) is 0.718. The molecule has 3 aromatic heterocycles. The molecule has 1 aliphatic carbocycles. The number of carbonyl (C=O) groups excluding carboxylic acids is 2. The molecule has 0 radical (unpaired) electrons. The fourth-order valence-electron chi connectivity index (χ4n) is 2.90. The van der Waals surface area contributed by atoms with E-state index < -0.39 is 11.9 Å². The molecule has 9 heteroatoms. The highest BCUT2D eigenvalue weighted by molar-refractivity contribution is 7.17. The van der Waals surface area contributed by atoms with Gasteiger partial charge in [0.2, 0.25) is 5.82 Å². The highest BCUT2D eigenvalue weighted by Crippen LogP contribution is 2.39. The lowest BCUT2D eigenvalue weighted by atomic mass is 10.1. The molecule has 8 nitrogen and oxygen atoms in total. The summed E-state index contributed by atoms with van der Waals surface area (Å²) in [5, 5.41) is 7.37. The maximum absolute atomic E-state index is 12.5. The molecule has 0 aliphatic heterocycles. The van der Waals surface area contributed by atoms with E-state index in [1.54, 1.807) is 25.4 Å². The number of rotatable bonds is 4. The number of carbonyl (C=O) groups is 2. The van der Waals surface area contributed by atoms with Crippen LogP contribution in [0, 0.1) is 0 Å². The van der Waals surface area contributed by atoms with Crippen molar-refractivity contribution in [3.63, 3.8) is 0 Å². The van der Waals surface area contributed by atoms with Crippen molar-refractivity contribution in [1.29, 1.82) is 0 Å². The lowest BCUT2D eigenvalue weighted by Gasteiger charge is -2.06. The number of nitrogens with one attached hydrogen (secondary N) is 1. The van der Waals surface area contributed by atoms with Crippen molar-refractivity contribution < 1.29 is 14.3 Å². The number of aryl methyl sites for hydroxylation is 1. The molecule has 1 aliphatic rings. The van der Waals surface area contributed by atoms with Gasteiger partial charge in [-0.1, -0.05) is 0 Å². The molecule has 0 atom stereocenters. The van der Waals surface area contributed by atoms with Gasteiger partial charge in [0.05, 0.1) is 12.2 Å². The molecule has 0 fully saturated rings. The third-order valence-electron chi connectivity index (χ3n) is 3.95. The SMILES string of the molecule is CCOC(=O)c1c(NC(=O)c2nc3ncccn3n2)sc2c1CCC2. The van der Waals surface area contributed by atoms with Gasteiger partial charge in [-0.15, -0.1) is 16.4 Å². The van der Waals surface area contributed by atoms with Crippen LogP contribution in [0.5, 0.6) is 0 Å². The van der Waals surface area contributed by atoms with E-state index in [0.717, 1.165) is 29.7 Å². The third kappa shape index (κ3) is 2.76. The summed E-state index contributed by atoms with van der Waals surface area (Å²) in [6.45, 7) is 2.05. The van der Waals surface area contributed by atoms with Gasteiger partial charge in [-0.2, -0.15) is 4.98 Å². The van der Waals surface area contributed by atoms with Gasteiger partial charge in [-0.3, -0.25) is 4.79 Å². The number of fused-ring (bicyclic) bond motifs is 2. The van der Waals surface area contributed by atoms with Gasteiger partial charge in [0.1, 0.15) is 5.00 Å². The van der Waals surface area contributed by atoms with Crippen LogP contribution in [0.25, 0.3) is 5.78 Å². The summed E-state index contributed by atoms with van der Waals surface area (Å²) in [5.41, 5.74) is 1.46. The molecule has 25 heavy (non-hydrogen) atoms. The highest BCUT2D eigenvalue weighted by atomic mass is 32.1.